The van der Waals surface area contributed by atoms with Gasteiger partial charge in [0, 0.05) is 32.0 Å². The van der Waals surface area contributed by atoms with Crippen molar-refractivity contribution in [3.05, 3.63) is 24.3 Å². The minimum atomic E-state index is 1.11. The standard InChI is InChI=1S/C11H18N2/c1-4-9-13(3)11-7-5-10(12-2)6-8-11/h5-8,12H,4,9H2,1-3H3. The van der Waals surface area contributed by atoms with Crippen LogP contribution < -0.4 is 10.2 Å². The molecule has 2 heteroatoms. The summed E-state index contributed by atoms with van der Waals surface area (Å²) in [6.45, 7) is 3.30. The lowest BCUT2D eigenvalue weighted by Crippen LogP contribution is -2.17. The van der Waals surface area contributed by atoms with Crippen molar-refractivity contribution in [2.45, 2.75) is 13.3 Å². The Hall–Kier alpha value is -1.18. The minimum absolute atomic E-state index is 1.11. The number of nitrogens with zero attached hydrogens (tertiary/aromatic N) is 1. The van der Waals surface area contributed by atoms with E-state index in [4.69, 9.17) is 0 Å². The molecule has 0 heterocycles. The molecule has 0 fully saturated rings. The van der Waals surface area contributed by atoms with E-state index in [0.717, 1.165) is 12.2 Å². The van der Waals surface area contributed by atoms with Gasteiger partial charge in [0.25, 0.3) is 0 Å². The molecular weight excluding hydrogens is 160 g/mol. The van der Waals surface area contributed by atoms with Gasteiger partial charge in [-0.05, 0) is 30.7 Å². The van der Waals surface area contributed by atoms with Crippen molar-refractivity contribution < 1.29 is 0 Å². The van der Waals surface area contributed by atoms with Crippen LogP contribution in [0.5, 0.6) is 0 Å². The van der Waals surface area contributed by atoms with Gasteiger partial charge in [0.15, 0.2) is 0 Å². The molecule has 2 nitrogen and oxygen atoms in total. The van der Waals surface area contributed by atoms with Crippen LogP contribution in [-0.2, 0) is 0 Å². The molecule has 0 atom stereocenters. The van der Waals surface area contributed by atoms with Crippen LogP contribution in [0.25, 0.3) is 0 Å². The molecule has 1 N–H and O–H groups in total. The van der Waals surface area contributed by atoms with Crippen LogP contribution in [0.15, 0.2) is 24.3 Å². The molecule has 0 radical (unpaired) electrons. The Balaban J connectivity index is 2.67. The van der Waals surface area contributed by atoms with Crippen LogP contribution in [-0.4, -0.2) is 20.6 Å². The Kier molecular flexibility index (Phi) is 3.62. The Bertz CT molecular complexity index is 241. The van der Waals surface area contributed by atoms with E-state index >= 15 is 0 Å². The molecule has 0 unspecified atom stereocenters. The number of hydrogen-bond acceptors (Lipinski definition) is 2. The third-order valence-corrected chi connectivity index (χ3v) is 2.16. The van der Waals surface area contributed by atoms with E-state index in [9.17, 15) is 0 Å². The van der Waals surface area contributed by atoms with E-state index in [0.29, 0.717) is 0 Å². The van der Waals surface area contributed by atoms with Gasteiger partial charge < -0.3 is 10.2 Å². The number of anilines is 2. The Morgan fingerprint density at radius 2 is 1.85 bits per heavy atom. The highest BCUT2D eigenvalue weighted by molar-refractivity contribution is 5.54. The molecule has 72 valence electrons. The summed E-state index contributed by atoms with van der Waals surface area (Å²) in [6.07, 6.45) is 1.18. The first-order valence-electron chi connectivity index (χ1n) is 4.77. The number of rotatable bonds is 4. The van der Waals surface area contributed by atoms with Crippen LogP contribution in [0, 0.1) is 0 Å². The van der Waals surface area contributed by atoms with E-state index in [-0.39, 0.29) is 0 Å². The summed E-state index contributed by atoms with van der Waals surface area (Å²) in [4.78, 5) is 2.26. The Morgan fingerprint density at radius 3 is 2.31 bits per heavy atom. The number of benzene rings is 1. The predicted molar refractivity (Wildman–Crippen MR) is 59.5 cm³/mol. The highest BCUT2D eigenvalue weighted by Crippen LogP contribution is 2.16. The summed E-state index contributed by atoms with van der Waals surface area (Å²) in [5.41, 5.74) is 2.44. The summed E-state index contributed by atoms with van der Waals surface area (Å²) in [6, 6.07) is 8.48. The van der Waals surface area contributed by atoms with E-state index in [1.54, 1.807) is 0 Å². The zero-order valence-electron chi connectivity index (χ0n) is 8.67. The number of nitrogens with one attached hydrogen (secondary N) is 1. The molecule has 1 rings (SSSR count). The highest BCUT2D eigenvalue weighted by Gasteiger charge is 1.97. The van der Waals surface area contributed by atoms with Crippen LogP contribution in [0.2, 0.25) is 0 Å². The highest BCUT2D eigenvalue weighted by atomic mass is 15.1. The van der Waals surface area contributed by atoms with Crippen molar-refractivity contribution >= 4 is 11.4 Å². The molecule has 0 aliphatic heterocycles. The average molecular weight is 178 g/mol. The van der Waals surface area contributed by atoms with Crippen molar-refractivity contribution in [2.75, 3.05) is 30.9 Å². The molecule has 0 aromatic heterocycles. The molecule has 0 amide bonds. The topological polar surface area (TPSA) is 15.3 Å². The monoisotopic (exact) mass is 178 g/mol. The largest absolute Gasteiger partial charge is 0.388 e. The van der Waals surface area contributed by atoms with Gasteiger partial charge in [-0.3, -0.25) is 0 Å². The second kappa shape index (κ2) is 4.75. The quantitative estimate of drug-likeness (QED) is 0.762. The van der Waals surface area contributed by atoms with E-state index in [1.807, 2.05) is 7.05 Å². The van der Waals surface area contributed by atoms with Gasteiger partial charge in [0.2, 0.25) is 0 Å². The first-order valence-corrected chi connectivity index (χ1v) is 4.77. The van der Waals surface area contributed by atoms with Crippen LogP contribution in [0.4, 0.5) is 11.4 Å². The van der Waals surface area contributed by atoms with Gasteiger partial charge in [-0.25, -0.2) is 0 Å². The molecule has 0 aliphatic rings. The number of hydrogen-bond donors (Lipinski definition) is 1. The van der Waals surface area contributed by atoms with Crippen molar-refractivity contribution in [1.82, 2.24) is 0 Å². The zero-order chi connectivity index (χ0) is 9.68. The van der Waals surface area contributed by atoms with Crippen molar-refractivity contribution in [2.24, 2.45) is 0 Å². The molecule has 0 bridgehead atoms. The van der Waals surface area contributed by atoms with Gasteiger partial charge in [-0.1, -0.05) is 6.92 Å². The normalized spacial score (nSPS) is 9.77. The lowest BCUT2D eigenvalue weighted by molar-refractivity contribution is 0.852. The van der Waals surface area contributed by atoms with Crippen LogP contribution in [0.3, 0.4) is 0 Å². The third kappa shape index (κ3) is 2.65. The van der Waals surface area contributed by atoms with Gasteiger partial charge in [0.05, 0.1) is 0 Å². The third-order valence-electron chi connectivity index (χ3n) is 2.16. The lowest BCUT2D eigenvalue weighted by atomic mass is 10.2. The summed E-state index contributed by atoms with van der Waals surface area (Å²) >= 11 is 0. The van der Waals surface area contributed by atoms with Crippen molar-refractivity contribution in [3.63, 3.8) is 0 Å². The van der Waals surface area contributed by atoms with Gasteiger partial charge in [0.1, 0.15) is 0 Å². The molecule has 0 aliphatic carbocycles. The fourth-order valence-electron chi connectivity index (χ4n) is 1.35. The molecule has 0 saturated heterocycles. The molecule has 13 heavy (non-hydrogen) atoms. The maximum atomic E-state index is 3.11. The smallest absolute Gasteiger partial charge is 0.0365 e. The van der Waals surface area contributed by atoms with Crippen LogP contribution >= 0.6 is 0 Å². The van der Waals surface area contributed by atoms with Gasteiger partial charge in [-0.15, -0.1) is 0 Å². The second-order valence-corrected chi connectivity index (χ2v) is 3.22. The minimum Gasteiger partial charge on any atom is -0.388 e. The molecule has 0 saturated carbocycles. The predicted octanol–water partition coefficient (Wildman–Crippen LogP) is 2.57. The second-order valence-electron chi connectivity index (χ2n) is 3.22. The van der Waals surface area contributed by atoms with E-state index < -0.39 is 0 Å². The lowest BCUT2D eigenvalue weighted by Gasteiger charge is -2.18. The van der Waals surface area contributed by atoms with Crippen molar-refractivity contribution in [1.29, 1.82) is 0 Å². The average Bonchev–Trinajstić information content (AvgIpc) is 2.18. The fraction of sp³-hybridized carbons (Fsp3) is 0.455. The Morgan fingerprint density at radius 1 is 1.23 bits per heavy atom. The summed E-state index contributed by atoms with van der Waals surface area (Å²) in [5.74, 6) is 0. The van der Waals surface area contributed by atoms with E-state index in [2.05, 4.69) is 48.5 Å². The first-order chi connectivity index (χ1) is 6.27. The van der Waals surface area contributed by atoms with Crippen LogP contribution in [0.1, 0.15) is 13.3 Å². The van der Waals surface area contributed by atoms with Gasteiger partial charge >= 0.3 is 0 Å². The first kappa shape index (κ1) is 9.90. The van der Waals surface area contributed by atoms with E-state index in [1.165, 1.54) is 12.1 Å². The fourth-order valence-corrected chi connectivity index (χ4v) is 1.35. The zero-order valence-corrected chi connectivity index (χ0v) is 8.67. The maximum Gasteiger partial charge on any atom is 0.0365 e. The molecule has 0 spiro atoms. The molecular formula is C11H18N2. The Labute approximate surface area is 80.6 Å². The summed E-state index contributed by atoms with van der Waals surface area (Å²) in [7, 11) is 4.06. The van der Waals surface area contributed by atoms with Gasteiger partial charge in [-0.2, -0.15) is 0 Å². The molecule has 1 aromatic rings. The molecule has 1 aromatic carbocycles. The summed E-state index contributed by atoms with van der Waals surface area (Å²) < 4.78 is 0. The maximum absolute atomic E-state index is 3.11. The summed E-state index contributed by atoms with van der Waals surface area (Å²) in [5, 5.41) is 3.11. The van der Waals surface area contributed by atoms with Crippen molar-refractivity contribution in [3.8, 4) is 0 Å². The SMILES string of the molecule is CCCN(C)c1ccc(NC)cc1.